The van der Waals surface area contributed by atoms with Crippen molar-refractivity contribution in [3.05, 3.63) is 35.4 Å². The molecule has 1 aliphatic carbocycles. The summed E-state index contributed by atoms with van der Waals surface area (Å²) in [4.78, 5) is 35.6. The Bertz CT molecular complexity index is 739. The molecule has 0 bridgehead atoms. The van der Waals surface area contributed by atoms with Gasteiger partial charge >= 0.3 is 0 Å². The van der Waals surface area contributed by atoms with Crippen LogP contribution in [0.1, 0.15) is 55.3 Å². The van der Waals surface area contributed by atoms with Gasteiger partial charge in [0.1, 0.15) is 5.75 Å². The number of ketones is 1. The highest BCUT2D eigenvalue weighted by molar-refractivity contribution is 6.01. The number of carbonyl (C=O) groups is 3. The topological polar surface area (TPSA) is 84.5 Å². The van der Waals surface area contributed by atoms with Crippen molar-refractivity contribution in [3.8, 4) is 5.75 Å². The largest absolute Gasteiger partial charge is 0.482 e. The molecule has 0 radical (unpaired) electrons. The number of Topliss-reactive ketones (excluding diaryl/α,β-unsaturated/α-hetero) is 1. The van der Waals surface area contributed by atoms with Crippen molar-refractivity contribution in [1.82, 2.24) is 5.32 Å². The van der Waals surface area contributed by atoms with Gasteiger partial charge in [-0.25, -0.2) is 0 Å². The number of rotatable bonds is 7. The normalized spacial score (nSPS) is 16.0. The number of hydrogen-bond donors (Lipinski definition) is 2. The molecule has 138 valence electrons. The molecule has 1 aromatic carbocycles. The summed E-state index contributed by atoms with van der Waals surface area (Å²) in [6.45, 7) is 0.610. The zero-order valence-electron chi connectivity index (χ0n) is 14.8. The second-order valence-corrected chi connectivity index (χ2v) is 6.68. The van der Waals surface area contributed by atoms with E-state index in [0.717, 1.165) is 19.3 Å². The first-order valence-electron chi connectivity index (χ1n) is 9.16. The molecule has 0 saturated heterocycles. The molecule has 1 heterocycles. The van der Waals surface area contributed by atoms with Gasteiger partial charge in [-0.2, -0.15) is 0 Å². The molecule has 1 aliphatic heterocycles. The number of anilines is 1. The highest BCUT2D eigenvalue weighted by Crippen LogP contribution is 2.29. The van der Waals surface area contributed by atoms with E-state index >= 15 is 0 Å². The summed E-state index contributed by atoms with van der Waals surface area (Å²) in [7, 11) is 0. The van der Waals surface area contributed by atoms with Crippen molar-refractivity contribution in [2.75, 3.05) is 18.5 Å². The standard InChI is InChI=1S/C20H24N2O4/c23-17(15-6-8-18-16(12-15)22-20(25)13-26-18)7-9-19(24)21-11-10-14-4-2-1-3-5-14/h4,6,8,12H,1-3,5,7,9-11,13H2,(H,21,24)(H,22,25). The van der Waals surface area contributed by atoms with E-state index in [9.17, 15) is 14.4 Å². The van der Waals surface area contributed by atoms with E-state index in [-0.39, 0.29) is 37.0 Å². The number of hydrogen-bond acceptors (Lipinski definition) is 4. The third-order valence-electron chi connectivity index (χ3n) is 4.67. The molecule has 6 nitrogen and oxygen atoms in total. The molecule has 0 fully saturated rings. The van der Waals surface area contributed by atoms with Crippen molar-refractivity contribution in [2.24, 2.45) is 0 Å². The number of allylic oxidation sites excluding steroid dienone is 1. The van der Waals surface area contributed by atoms with E-state index in [1.54, 1.807) is 18.2 Å². The lowest BCUT2D eigenvalue weighted by atomic mass is 9.97. The molecule has 1 aromatic rings. The first-order chi connectivity index (χ1) is 12.6. The quantitative estimate of drug-likeness (QED) is 0.581. The summed E-state index contributed by atoms with van der Waals surface area (Å²) in [5.74, 6) is 0.0765. The maximum Gasteiger partial charge on any atom is 0.262 e. The van der Waals surface area contributed by atoms with Crippen LogP contribution in [0.5, 0.6) is 5.75 Å². The fourth-order valence-electron chi connectivity index (χ4n) is 3.21. The van der Waals surface area contributed by atoms with Gasteiger partial charge in [0, 0.05) is 24.9 Å². The van der Waals surface area contributed by atoms with E-state index < -0.39 is 0 Å². The van der Waals surface area contributed by atoms with Crippen molar-refractivity contribution in [2.45, 2.75) is 44.9 Å². The van der Waals surface area contributed by atoms with Crippen LogP contribution in [0.4, 0.5) is 5.69 Å². The highest BCUT2D eigenvalue weighted by Gasteiger charge is 2.18. The summed E-state index contributed by atoms with van der Waals surface area (Å²) >= 11 is 0. The van der Waals surface area contributed by atoms with Gasteiger partial charge < -0.3 is 15.4 Å². The highest BCUT2D eigenvalue weighted by atomic mass is 16.5. The molecule has 3 rings (SSSR count). The molecule has 0 saturated carbocycles. The van der Waals surface area contributed by atoms with Crippen LogP contribution in [-0.2, 0) is 9.59 Å². The van der Waals surface area contributed by atoms with Gasteiger partial charge in [-0.3, -0.25) is 14.4 Å². The van der Waals surface area contributed by atoms with Crippen LogP contribution >= 0.6 is 0 Å². The minimum atomic E-state index is -0.241. The summed E-state index contributed by atoms with van der Waals surface area (Å²) in [6.07, 6.45) is 8.25. The lowest BCUT2D eigenvalue weighted by molar-refractivity contribution is -0.121. The lowest BCUT2D eigenvalue weighted by Gasteiger charge is -2.18. The average Bonchev–Trinajstić information content (AvgIpc) is 2.66. The Hall–Kier alpha value is -2.63. The smallest absolute Gasteiger partial charge is 0.262 e. The molecule has 2 amide bonds. The van der Waals surface area contributed by atoms with Gasteiger partial charge in [-0.05, 0) is 50.3 Å². The minimum Gasteiger partial charge on any atom is -0.482 e. The van der Waals surface area contributed by atoms with Crippen molar-refractivity contribution < 1.29 is 19.1 Å². The Kier molecular flexibility index (Phi) is 6.04. The maximum absolute atomic E-state index is 12.3. The fourth-order valence-corrected chi connectivity index (χ4v) is 3.21. The monoisotopic (exact) mass is 356 g/mol. The van der Waals surface area contributed by atoms with Crippen LogP contribution < -0.4 is 15.4 Å². The molecule has 0 spiro atoms. The van der Waals surface area contributed by atoms with E-state index in [2.05, 4.69) is 16.7 Å². The SMILES string of the molecule is O=C(CCC(=O)c1ccc2c(c1)NC(=O)CO2)NCCC1=CCCCC1. The van der Waals surface area contributed by atoms with Crippen LogP contribution in [0.3, 0.4) is 0 Å². The van der Waals surface area contributed by atoms with E-state index in [0.29, 0.717) is 23.5 Å². The Labute approximate surface area is 153 Å². The van der Waals surface area contributed by atoms with Gasteiger partial charge in [-0.1, -0.05) is 11.6 Å². The maximum atomic E-state index is 12.3. The van der Waals surface area contributed by atoms with Crippen LogP contribution in [0.25, 0.3) is 0 Å². The summed E-state index contributed by atoms with van der Waals surface area (Å²) < 4.78 is 5.27. The number of nitrogens with one attached hydrogen (secondary N) is 2. The van der Waals surface area contributed by atoms with Crippen molar-refractivity contribution in [1.29, 1.82) is 0 Å². The predicted octanol–water partition coefficient (Wildman–Crippen LogP) is 2.99. The number of fused-ring (bicyclic) bond motifs is 1. The molecule has 2 aliphatic rings. The van der Waals surface area contributed by atoms with Crippen LogP contribution in [-0.4, -0.2) is 30.7 Å². The molecule has 0 unspecified atom stereocenters. The average molecular weight is 356 g/mol. The number of amides is 2. The second kappa shape index (κ2) is 8.65. The van der Waals surface area contributed by atoms with Crippen molar-refractivity contribution >= 4 is 23.3 Å². The van der Waals surface area contributed by atoms with E-state index in [1.165, 1.54) is 18.4 Å². The van der Waals surface area contributed by atoms with Gasteiger partial charge in [0.2, 0.25) is 5.91 Å². The first kappa shape index (κ1) is 18.2. The molecule has 26 heavy (non-hydrogen) atoms. The molecule has 6 heteroatoms. The molecular weight excluding hydrogens is 332 g/mol. The number of benzene rings is 1. The Morgan fingerprint density at radius 1 is 1.19 bits per heavy atom. The lowest BCUT2D eigenvalue weighted by Crippen LogP contribution is -2.26. The zero-order chi connectivity index (χ0) is 18.4. The van der Waals surface area contributed by atoms with Gasteiger partial charge in [0.15, 0.2) is 12.4 Å². The summed E-state index contributed by atoms with van der Waals surface area (Å²) in [5.41, 5.74) is 2.39. The van der Waals surface area contributed by atoms with Crippen LogP contribution in [0.15, 0.2) is 29.8 Å². The minimum absolute atomic E-state index is 0.0165. The van der Waals surface area contributed by atoms with Gasteiger partial charge in [0.25, 0.3) is 5.91 Å². The van der Waals surface area contributed by atoms with E-state index in [4.69, 9.17) is 4.74 Å². The third kappa shape index (κ3) is 4.94. The first-order valence-corrected chi connectivity index (χ1v) is 9.16. The van der Waals surface area contributed by atoms with Crippen molar-refractivity contribution in [3.63, 3.8) is 0 Å². The predicted molar refractivity (Wildman–Crippen MR) is 98.3 cm³/mol. The summed E-state index contributed by atoms with van der Waals surface area (Å²) in [5, 5.41) is 5.56. The Morgan fingerprint density at radius 3 is 2.88 bits per heavy atom. The Balaban J connectivity index is 1.43. The summed E-state index contributed by atoms with van der Waals surface area (Å²) in [6, 6.07) is 4.92. The third-order valence-corrected chi connectivity index (χ3v) is 4.67. The molecule has 2 N–H and O–H groups in total. The molecule has 0 atom stereocenters. The number of carbonyl (C=O) groups excluding carboxylic acids is 3. The van der Waals surface area contributed by atoms with Gasteiger partial charge in [0.05, 0.1) is 5.69 Å². The molecular formula is C20H24N2O4. The second-order valence-electron chi connectivity index (χ2n) is 6.68. The molecule has 0 aromatic heterocycles. The Morgan fingerprint density at radius 2 is 2.08 bits per heavy atom. The fraction of sp³-hybridized carbons (Fsp3) is 0.450. The zero-order valence-corrected chi connectivity index (χ0v) is 14.8. The number of ether oxygens (including phenoxy) is 1. The van der Waals surface area contributed by atoms with E-state index in [1.807, 2.05) is 0 Å². The van der Waals surface area contributed by atoms with Crippen LogP contribution in [0, 0.1) is 0 Å². The van der Waals surface area contributed by atoms with Crippen LogP contribution in [0.2, 0.25) is 0 Å². The van der Waals surface area contributed by atoms with Gasteiger partial charge in [-0.15, -0.1) is 0 Å².